The molecule has 0 bridgehead atoms. The number of nitrogens with zero attached hydrogens (tertiary/aromatic N) is 1. The Morgan fingerprint density at radius 2 is 1.86 bits per heavy atom. The molecule has 2 amide bonds. The van der Waals surface area contributed by atoms with E-state index in [-0.39, 0.29) is 23.9 Å². The van der Waals surface area contributed by atoms with Crippen LogP contribution in [-0.4, -0.2) is 30.9 Å². The first-order valence-electron chi connectivity index (χ1n) is 8.31. The van der Waals surface area contributed by atoms with E-state index in [2.05, 4.69) is 5.32 Å². The Hall–Kier alpha value is -2.28. The number of halogens is 3. The number of esters is 1. The van der Waals surface area contributed by atoms with Gasteiger partial charge in [0.1, 0.15) is 0 Å². The topological polar surface area (TPSA) is 75.7 Å². The van der Waals surface area contributed by atoms with E-state index in [1.54, 1.807) is 36.4 Å². The lowest BCUT2D eigenvalue weighted by Crippen LogP contribution is -2.28. The van der Waals surface area contributed by atoms with Crippen LogP contribution < -0.4 is 10.2 Å². The van der Waals surface area contributed by atoms with Crippen LogP contribution in [-0.2, 0) is 19.1 Å². The number of benzene rings is 2. The van der Waals surface area contributed by atoms with E-state index in [0.29, 0.717) is 21.4 Å². The number of anilines is 2. The molecule has 28 heavy (non-hydrogen) atoms. The van der Waals surface area contributed by atoms with Gasteiger partial charge in [-0.3, -0.25) is 14.4 Å². The van der Waals surface area contributed by atoms with Gasteiger partial charge in [-0.05, 0) is 30.3 Å². The molecular formula is C19H15Cl3N2O4. The minimum atomic E-state index is -0.671. The lowest BCUT2D eigenvalue weighted by molar-refractivity contribution is -0.151. The molecule has 2 aromatic carbocycles. The zero-order valence-corrected chi connectivity index (χ0v) is 16.7. The standard InChI is InChI=1S/C19H15Cl3N2O4/c20-12-5-6-15(14(22)8-12)23-17(25)10-28-19(27)11-7-18(26)24(9-11)16-4-2-1-3-13(16)21/h1-6,8,11H,7,9-10H2,(H,23,25)/t11-/m1/s1. The van der Waals surface area contributed by atoms with E-state index in [9.17, 15) is 14.4 Å². The molecule has 1 aliphatic heterocycles. The molecule has 1 aliphatic rings. The minimum absolute atomic E-state index is 0.00527. The van der Waals surface area contributed by atoms with Crippen LogP contribution in [0, 0.1) is 5.92 Å². The summed E-state index contributed by atoms with van der Waals surface area (Å²) >= 11 is 17.9. The molecule has 1 atom stereocenters. The van der Waals surface area contributed by atoms with Crippen LogP contribution in [0.2, 0.25) is 15.1 Å². The highest BCUT2D eigenvalue weighted by Gasteiger charge is 2.37. The number of para-hydroxylation sites is 1. The average molecular weight is 442 g/mol. The van der Waals surface area contributed by atoms with E-state index in [0.717, 1.165) is 0 Å². The molecule has 1 fully saturated rings. The van der Waals surface area contributed by atoms with Gasteiger partial charge in [-0.1, -0.05) is 46.9 Å². The molecule has 6 nitrogen and oxygen atoms in total. The van der Waals surface area contributed by atoms with E-state index in [1.807, 2.05) is 0 Å². The summed E-state index contributed by atoms with van der Waals surface area (Å²) in [5, 5.41) is 3.65. The van der Waals surface area contributed by atoms with Crippen molar-refractivity contribution in [2.75, 3.05) is 23.4 Å². The summed E-state index contributed by atoms with van der Waals surface area (Å²) in [6.45, 7) is -0.347. The molecule has 1 N–H and O–H groups in total. The van der Waals surface area contributed by atoms with Crippen LogP contribution in [0.3, 0.4) is 0 Å². The fourth-order valence-corrected chi connectivity index (χ4v) is 3.49. The van der Waals surface area contributed by atoms with Gasteiger partial charge in [0.2, 0.25) is 5.91 Å². The highest BCUT2D eigenvalue weighted by Crippen LogP contribution is 2.31. The molecule has 1 saturated heterocycles. The monoisotopic (exact) mass is 440 g/mol. The molecule has 146 valence electrons. The Bertz CT molecular complexity index is 935. The van der Waals surface area contributed by atoms with Gasteiger partial charge in [0.05, 0.1) is 27.3 Å². The number of carbonyl (C=O) groups excluding carboxylic acids is 3. The quantitative estimate of drug-likeness (QED) is 0.706. The van der Waals surface area contributed by atoms with E-state index < -0.39 is 24.4 Å². The number of carbonyl (C=O) groups is 3. The zero-order chi connectivity index (χ0) is 20.3. The van der Waals surface area contributed by atoms with Crippen molar-refractivity contribution in [3.8, 4) is 0 Å². The predicted molar refractivity (Wildman–Crippen MR) is 108 cm³/mol. The molecule has 0 spiro atoms. The lowest BCUT2D eigenvalue weighted by Gasteiger charge is -2.17. The highest BCUT2D eigenvalue weighted by atomic mass is 35.5. The number of rotatable bonds is 5. The van der Waals surface area contributed by atoms with Crippen LogP contribution >= 0.6 is 34.8 Å². The molecule has 3 rings (SSSR count). The summed E-state index contributed by atoms with van der Waals surface area (Å²) in [6.07, 6.45) is -0.00527. The molecule has 0 unspecified atom stereocenters. The lowest BCUT2D eigenvalue weighted by atomic mass is 10.1. The van der Waals surface area contributed by atoms with E-state index >= 15 is 0 Å². The summed E-state index contributed by atoms with van der Waals surface area (Å²) in [7, 11) is 0. The van der Waals surface area contributed by atoms with Gasteiger partial charge >= 0.3 is 5.97 Å². The number of hydrogen-bond acceptors (Lipinski definition) is 4. The third-order valence-electron chi connectivity index (χ3n) is 4.15. The molecule has 9 heteroatoms. The van der Waals surface area contributed by atoms with Gasteiger partial charge in [-0.15, -0.1) is 0 Å². The maximum absolute atomic E-state index is 12.3. The average Bonchev–Trinajstić information content (AvgIpc) is 3.04. The van der Waals surface area contributed by atoms with Crippen molar-refractivity contribution in [2.45, 2.75) is 6.42 Å². The van der Waals surface area contributed by atoms with Gasteiger partial charge in [-0.2, -0.15) is 0 Å². The summed E-state index contributed by atoms with van der Waals surface area (Å²) in [6, 6.07) is 11.5. The minimum Gasteiger partial charge on any atom is -0.455 e. The zero-order valence-electron chi connectivity index (χ0n) is 14.5. The Morgan fingerprint density at radius 1 is 1.11 bits per heavy atom. The normalized spacial score (nSPS) is 16.2. The second kappa shape index (κ2) is 8.82. The van der Waals surface area contributed by atoms with Crippen LogP contribution in [0.4, 0.5) is 11.4 Å². The first kappa shape index (κ1) is 20.5. The highest BCUT2D eigenvalue weighted by molar-refractivity contribution is 6.36. The van der Waals surface area contributed by atoms with Crippen LogP contribution in [0.5, 0.6) is 0 Å². The van der Waals surface area contributed by atoms with Gasteiger partial charge in [0.15, 0.2) is 6.61 Å². The maximum atomic E-state index is 12.3. The molecule has 2 aromatic rings. The van der Waals surface area contributed by atoms with E-state index in [4.69, 9.17) is 39.5 Å². The predicted octanol–water partition coefficient (Wildman–Crippen LogP) is 4.18. The first-order valence-corrected chi connectivity index (χ1v) is 9.45. The van der Waals surface area contributed by atoms with Crippen LogP contribution in [0.25, 0.3) is 0 Å². The van der Waals surface area contributed by atoms with Crippen LogP contribution in [0.1, 0.15) is 6.42 Å². The van der Waals surface area contributed by atoms with Crippen molar-refractivity contribution >= 4 is 64.0 Å². The van der Waals surface area contributed by atoms with Crippen molar-refractivity contribution in [1.29, 1.82) is 0 Å². The first-order chi connectivity index (χ1) is 13.3. The second-order valence-corrected chi connectivity index (χ2v) is 7.39. The number of nitrogens with one attached hydrogen (secondary N) is 1. The Kier molecular flexibility index (Phi) is 6.44. The third kappa shape index (κ3) is 4.76. The van der Waals surface area contributed by atoms with Crippen molar-refractivity contribution in [3.63, 3.8) is 0 Å². The van der Waals surface area contributed by atoms with Crippen molar-refractivity contribution in [1.82, 2.24) is 0 Å². The number of ether oxygens (including phenoxy) is 1. The summed E-state index contributed by atoms with van der Waals surface area (Å²) in [4.78, 5) is 37.9. The SMILES string of the molecule is O=C(COC(=O)[C@@H]1CC(=O)N(c2ccccc2Cl)C1)Nc1ccc(Cl)cc1Cl. The number of hydrogen-bond donors (Lipinski definition) is 1. The fourth-order valence-electron chi connectivity index (χ4n) is 2.80. The molecule has 0 saturated carbocycles. The molecule has 1 heterocycles. The Balaban J connectivity index is 1.54. The maximum Gasteiger partial charge on any atom is 0.311 e. The Morgan fingerprint density at radius 3 is 2.57 bits per heavy atom. The molecule has 0 aromatic heterocycles. The summed E-state index contributed by atoms with van der Waals surface area (Å²) in [5.74, 6) is -2.08. The van der Waals surface area contributed by atoms with Crippen molar-refractivity contribution in [3.05, 3.63) is 57.5 Å². The Labute approximate surface area is 176 Å². The smallest absolute Gasteiger partial charge is 0.311 e. The molecule has 0 radical (unpaired) electrons. The van der Waals surface area contributed by atoms with Gasteiger partial charge in [0, 0.05) is 18.0 Å². The largest absolute Gasteiger partial charge is 0.455 e. The van der Waals surface area contributed by atoms with E-state index in [1.165, 1.54) is 11.0 Å². The molecule has 0 aliphatic carbocycles. The van der Waals surface area contributed by atoms with Gasteiger partial charge in [-0.25, -0.2) is 0 Å². The number of amides is 2. The second-order valence-electron chi connectivity index (χ2n) is 6.14. The van der Waals surface area contributed by atoms with Gasteiger partial charge in [0.25, 0.3) is 5.91 Å². The summed E-state index contributed by atoms with van der Waals surface area (Å²) < 4.78 is 5.05. The van der Waals surface area contributed by atoms with Gasteiger partial charge < -0.3 is 15.0 Å². The van der Waals surface area contributed by atoms with Crippen LogP contribution in [0.15, 0.2) is 42.5 Å². The van der Waals surface area contributed by atoms with Crippen molar-refractivity contribution in [2.24, 2.45) is 5.92 Å². The fraction of sp³-hybridized carbons (Fsp3) is 0.211. The molecular weight excluding hydrogens is 427 g/mol. The van der Waals surface area contributed by atoms with Crippen molar-refractivity contribution < 1.29 is 19.1 Å². The summed E-state index contributed by atoms with van der Waals surface area (Å²) in [5.41, 5.74) is 0.896. The third-order valence-corrected chi connectivity index (χ3v) is 5.02.